The van der Waals surface area contributed by atoms with Gasteiger partial charge in [-0.25, -0.2) is 0 Å². The Kier molecular flexibility index (Phi) is 5.23. The van der Waals surface area contributed by atoms with Crippen LogP contribution < -0.4 is 11.1 Å². The summed E-state index contributed by atoms with van der Waals surface area (Å²) in [5, 5.41) is 4.59. The smallest absolute Gasteiger partial charge is 0.248 e. The largest absolute Gasteiger partial charge is 0.366 e. The number of nitrogens with two attached hydrogens (primary N) is 1. The first-order valence-electron chi connectivity index (χ1n) is 6.54. The molecule has 0 radical (unpaired) electrons. The predicted molar refractivity (Wildman–Crippen MR) is 86.7 cm³/mol. The Morgan fingerprint density at radius 3 is 2.48 bits per heavy atom. The van der Waals surface area contributed by atoms with E-state index in [-0.39, 0.29) is 6.04 Å². The number of primary amides is 1. The molecule has 2 rings (SSSR count). The van der Waals surface area contributed by atoms with Gasteiger partial charge in [-0.1, -0.05) is 35.3 Å². The fraction of sp³-hybridized carbons (Fsp3) is 0.188. The summed E-state index contributed by atoms with van der Waals surface area (Å²) in [6.07, 6.45) is 0. The molecule has 0 saturated carbocycles. The molecule has 110 valence electrons. The highest BCUT2D eigenvalue weighted by Crippen LogP contribution is 2.23. The summed E-state index contributed by atoms with van der Waals surface area (Å²) in [5.41, 5.74) is 7.79. The van der Waals surface area contributed by atoms with Crippen molar-refractivity contribution >= 4 is 29.1 Å². The topological polar surface area (TPSA) is 55.1 Å². The molecule has 0 aliphatic rings. The molecule has 0 unspecified atom stereocenters. The van der Waals surface area contributed by atoms with E-state index < -0.39 is 5.91 Å². The molecule has 0 aliphatic carbocycles. The van der Waals surface area contributed by atoms with Crippen molar-refractivity contribution in [3.8, 4) is 0 Å². The molecule has 3 N–H and O–H groups in total. The third kappa shape index (κ3) is 4.46. The van der Waals surface area contributed by atoms with E-state index in [9.17, 15) is 4.79 Å². The van der Waals surface area contributed by atoms with Crippen LogP contribution in [0.25, 0.3) is 0 Å². The van der Waals surface area contributed by atoms with Crippen molar-refractivity contribution in [2.75, 3.05) is 0 Å². The van der Waals surface area contributed by atoms with Gasteiger partial charge in [-0.2, -0.15) is 0 Å². The normalized spacial score (nSPS) is 12.1. The monoisotopic (exact) mass is 322 g/mol. The molecule has 21 heavy (non-hydrogen) atoms. The molecule has 0 aliphatic heterocycles. The predicted octanol–water partition coefficient (Wildman–Crippen LogP) is 3.94. The standard InChI is InChI=1S/C16H16Cl2N2O/c1-10(13-6-14(17)8-15(18)7-13)20-9-11-3-2-4-12(5-11)16(19)21/h2-8,10,20H,9H2,1H3,(H2,19,21)/t10-/m1/s1. The van der Waals surface area contributed by atoms with E-state index in [0.29, 0.717) is 22.2 Å². The Morgan fingerprint density at radius 2 is 1.86 bits per heavy atom. The van der Waals surface area contributed by atoms with E-state index in [0.717, 1.165) is 11.1 Å². The van der Waals surface area contributed by atoms with Gasteiger partial charge in [0.2, 0.25) is 5.91 Å². The molecule has 2 aromatic rings. The van der Waals surface area contributed by atoms with Crippen molar-refractivity contribution in [1.82, 2.24) is 5.32 Å². The Hall–Kier alpha value is -1.55. The van der Waals surface area contributed by atoms with Crippen molar-refractivity contribution in [1.29, 1.82) is 0 Å². The fourth-order valence-electron chi connectivity index (χ4n) is 2.05. The lowest BCUT2D eigenvalue weighted by Gasteiger charge is -2.15. The lowest BCUT2D eigenvalue weighted by Crippen LogP contribution is -2.19. The van der Waals surface area contributed by atoms with Gasteiger partial charge in [-0.3, -0.25) is 4.79 Å². The van der Waals surface area contributed by atoms with Gasteiger partial charge in [-0.05, 0) is 48.4 Å². The molecular formula is C16H16Cl2N2O. The highest BCUT2D eigenvalue weighted by Gasteiger charge is 2.08. The van der Waals surface area contributed by atoms with Crippen molar-refractivity contribution < 1.29 is 4.79 Å². The number of benzene rings is 2. The summed E-state index contributed by atoms with van der Waals surface area (Å²) in [6.45, 7) is 2.65. The molecule has 2 aromatic carbocycles. The number of nitrogens with one attached hydrogen (secondary N) is 1. The van der Waals surface area contributed by atoms with E-state index >= 15 is 0 Å². The van der Waals surface area contributed by atoms with Crippen LogP contribution in [0.5, 0.6) is 0 Å². The Labute approximate surface area is 134 Å². The average molecular weight is 323 g/mol. The molecule has 0 fully saturated rings. The lowest BCUT2D eigenvalue weighted by molar-refractivity contribution is 0.1000. The van der Waals surface area contributed by atoms with Crippen molar-refractivity contribution in [3.05, 3.63) is 69.2 Å². The van der Waals surface area contributed by atoms with Crippen LogP contribution in [0.1, 0.15) is 34.5 Å². The van der Waals surface area contributed by atoms with Crippen molar-refractivity contribution in [2.45, 2.75) is 19.5 Å². The minimum Gasteiger partial charge on any atom is -0.366 e. The van der Waals surface area contributed by atoms with Gasteiger partial charge in [0.1, 0.15) is 0 Å². The quantitative estimate of drug-likeness (QED) is 0.875. The van der Waals surface area contributed by atoms with Gasteiger partial charge >= 0.3 is 0 Å². The molecule has 0 bridgehead atoms. The maximum Gasteiger partial charge on any atom is 0.248 e. The van der Waals surface area contributed by atoms with Crippen molar-refractivity contribution in [2.24, 2.45) is 5.73 Å². The van der Waals surface area contributed by atoms with Gasteiger partial charge < -0.3 is 11.1 Å². The molecular weight excluding hydrogens is 307 g/mol. The summed E-state index contributed by atoms with van der Waals surface area (Å²) in [5.74, 6) is -0.425. The summed E-state index contributed by atoms with van der Waals surface area (Å²) >= 11 is 12.0. The maximum absolute atomic E-state index is 11.2. The van der Waals surface area contributed by atoms with Crippen LogP contribution in [-0.2, 0) is 6.54 Å². The number of halogens is 2. The minimum atomic E-state index is -0.425. The number of amides is 1. The number of carbonyl (C=O) groups is 1. The number of hydrogen-bond donors (Lipinski definition) is 2. The zero-order valence-corrected chi connectivity index (χ0v) is 13.1. The first-order valence-corrected chi connectivity index (χ1v) is 7.29. The van der Waals surface area contributed by atoms with Crippen LogP contribution in [-0.4, -0.2) is 5.91 Å². The zero-order chi connectivity index (χ0) is 15.4. The van der Waals surface area contributed by atoms with Crippen LogP contribution in [0.4, 0.5) is 0 Å². The second kappa shape index (κ2) is 6.94. The van der Waals surface area contributed by atoms with E-state index in [4.69, 9.17) is 28.9 Å². The van der Waals surface area contributed by atoms with Crippen LogP contribution in [0.15, 0.2) is 42.5 Å². The second-order valence-electron chi connectivity index (χ2n) is 4.87. The Morgan fingerprint density at radius 1 is 1.19 bits per heavy atom. The van der Waals surface area contributed by atoms with E-state index in [1.165, 1.54) is 0 Å². The molecule has 1 amide bonds. The number of carbonyl (C=O) groups excluding carboxylic acids is 1. The molecule has 5 heteroatoms. The van der Waals surface area contributed by atoms with Crippen LogP contribution >= 0.6 is 23.2 Å². The molecule has 0 aromatic heterocycles. The highest BCUT2D eigenvalue weighted by molar-refractivity contribution is 6.34. The van der Waals surface area contributed by atoms with Crippen LogP contribution in [0, 0.1) is 0 Å². The van der Waals surface area contributed by atoms with E-state index in [1.54, 1.807) is 18.2 Å². The molecule has 0 saturated heterocycles. The van der Waals surface area contributed by atoms with Gasteiger partial charge in [0, 0.05) is 28.2 Å². The maximum atomic E-state index is 11.2. The minimum absolute atomic E-state index is 0.0819. The summed E-state index contributed by atoms with van der Waals surface area (Å²) < 4.78 is 0. The van der Waals surface area contributed by atoms with Gasteiger partial charge in [0.25, 0.3) is 0 Å². The molecule has 3 nitrogen and oxygen atoms in total. The number of rotatable bonds is 5. The Balaban J connectivity index is 2.05. The van der Waals surface area contributed by atoms with Gasteiger partial charge in [0.15, 0.2) is 0 Å². The highest BCUT2D eigenvalue weighted by atomic mass is 35.5. The van der Waals surface area contributed by atoms with E-state index in [2.05, 4.69) is 5.32 Å². The third-order valence-electron chi connectivity index (χ3n) is 3.21. The first kappa shape index (κ1) is 15.8. The number of hydrogen-bond acceptors (Lipinski definition) is 2. The third-order valence-corrected chi connectivity index (χ3v) is 3.65. The molecule has 0 heterocycles. The fourth-order valence-corrected chi connectivity index (χ4v) is 2.59. The zero-order valence-electron chi connectivity index (χ0n) is 11.6. The lowest BCUT2D eigenvalue weighted by atomic mass is 10.1. The van der Waals surface area contributed by atoms with Crippen LogP contribution in [0.3, 0.4) is 0 Å². The Bertz CT molecular complexity index is 638. The van der Waals surface area contributed by atoms with Crippen molar-refractivity contribution in [3.63, 3.8) is 0 Å². The summed E-state index contributed by atoms with van der Waals surface area (Å²) in [4.78, 5) is 11.2. The summed E-state index contributed by atoms with van der Waals surface area (Å²) in [7, 11) is 0. The molecule has 1 atom stereocenters. The van der Waals surface area contributed by atoms with E-state index in [1.807, 2.05) is 31.2 Å². The average Bonchev–Trinajstić information content (AvgIpc) is 2.44. The molecule has 0 spiro atoms. The first-order chi connectivity index (χ1) is 9.95. The second-order valence-corrected chi connectivity index (χ2v) is 5.74. The van der Waals surface area contributed by atoms with Gasteiger partial charge in [-0.15, -0.1) is 0 Å². The summed E-state index contributed by atoms with van der Waals surface area (Å²) in [6, 6.07) is 12.8. The SMILES string of the molecule is C[C@@H](NCc1cccc(C(N)=O)c1)c1cc(Cl)cc(Cl)c1. The van der Waals surface area contributed by atoms with Gasteiger partial charge in [0.05, 0.1) is 0 Å². The van der Waals surface area contributed by atoms with Crippen LogP contribution in [0.2, 0.25) is 10.0 Å².